The van der Waals surface area contributed by atoms with Gasteiger partial charge in [-0.3, -0.25) is 0 Å². The third-order valence-electron chi connectivity index (χ3n) is 3.02. The summed E-state index contributed by atoms with van der Waals surface area (Å²) < 4.78 is 0. The van der Waals surface area contributed by atoms with Crippen molar-refractivity contribution in [3.63, 3.8) is 0 Å². The van der Waals surface area contributed by atoms with Gasteiger partial charge in [-0.2, -0.15) is 0 Å². The molecule has 0 aromatic carbocycles. The van der Waals surface area contributed by atoms with Crippen LogP contribution in [0.25, 0.3) is 0 Å². The molecule has 0 saturated carbocycles. The Morgan fingerprint density at radius 3 is 3.00 bits per heavy atom. The molecule has 14 heavy (non-hydrogen) atoms. The lowest BCUT2D eigenvalue weighted by atomic mass is 9.92. The monoisotopic (exact) mass is 209 g/mol. The zero-order valence-electron chi connectivity index (χ0n) is 9.05. The Kier molecular flexibility index (Phi) is 3.24. The summed E-state index contributed by atoms with van der Waals surface area (Å²) in [6.45, 7) is 6.97. The van der Waals surface area contributed by atoms with Crippen molar-refractivity contribution in [3.05, 3.63) is 21.9 Å². The van der Waals surface area contributed by atoms with Crippen LogP contribution in [0, 0.1) is 0 Å². The molecule has 2 heterocycles. The molecule has 0 aliphatic carbocycles. The van der Waals surface area contributed by atoms with E-state index in [9.17, 15) is 0 Å². The second kappa shape index (κ2) is 4.45. The lowest BCUT2D eigenvalue weighted by Gasteiger charge is -2.23. The van der Waals surface area contributed by atoms with Crippen molar-refractivity contribution in [2.24, 2.45) is 0 Å². The highest BCUT2D eigenvalue weighted by molar-refractivity contribution is 7.10. The molecule has 0 amide bonds. The number of hydrogen-bond acceptors (Lipinski definition) is 2. The van der Waals surface area contributed by atoms with E-state index in [1.807, 2.05) is 11.3 Å². The van der Waals surface area contributed by atoms with Crippen molar-refractivity contribution in [1.29, 1.82) is 0 Å². The zero-order valence-corrected chi connectivity index (χ0v) is 9.86. The molecular weight excluding hydrogens is 190 g/mol. The lowest BCUT2D eigenvalue weighted by Crippen LogP contribution is -2.28. The summed E-state index contributed by atoms with van der Waals surface area (Å²) in [7, 11) is 0. The van der Waals surface area contributed by atoms with Crippen molar-refractivity contribution < 1.29 is 0 Å². The molecule has 1 atom stereocenters. The van der Waals surface area contributed by atoms with Gasteiger partial charge in [0.1, 0.15) is 0 Å². The van der Waals surface area contributed by atoms with Gasteiger partial charge in [0.25, 0.3) is 0 Å². The molecule has 1 fully saturated rings. The van der Waals surface area contributed by atoms with Crippen LogP contribution >= 0.6 is 11.3 Å². The Balaban J connectivity index is 2.17. The van der Waals surface area contributed by atoms with E-state index >= 15 is 0 Å². The maximum absolute atomic E-state index is 3.50. The maximum atomic E-state index is 3.50. The van der Waals surface area contributed by atoms with E-state index in [0.29, 0.717) is 5.92 Å². The Labute approximate surface area is 90.5 Å². The van der Waals surface area contributed by atoms with E-state index in [4.69, 9.17) is 0 Å². The standard InChI is InChI=1S/C12H19NS/c1-9(2)11-5-7-14-12(11)10-4-3-6-13-8-10/h5,7,9-10,13H,3-4,6,8H2,1-2H3. The van der Waals surface area contributed by atoms with Crippen LogP contribution in [0.4, 0.5) is 0 Å². The van der Waals surface area contributed by atoms with Crippen LogP contribution in [0.1, 0.15) is 49.0 Å². The minimum atomic E-state index is 0.679. The quantitative estimate of drug-likeness (QED) is 0.787. The molecule has 1 aromatic heterocycles. The number of hydrogen-bond donors (Lipinski definition) is 1. The summed E-state index contributed by atoms with van der Waals surface area (Å²) in [5, 5.41) is 5.75. The number of thiophene rings is 1. The van der Waals surface area contributed by atoms with Gasteiger partial charge >= 0.3 is 0 Å². The highest BCUT2D eigenvalue weighted by Crippen LogP contribution is 2.34. The van der Waals surface area contributed by atoms with Gasteiger partial charge in [0.05, 0.1) is 0 Å². The van der Waals surface area contributed by atoms with Crippen molar-refractivity contribution in [2.45, 2.75) is 38.5 Å². The normalized spacial score (nSPS) is 22.9. The maximum Gasteiger partial charge on any atom is 0.0123 e. The molecule has 2 heteroatoms. The fourth-order valence-corrected chi connectivity index (χ4v) is 3.41. The molecular formula is C12H19NS. The zero-order chi connectivity index (χ0) is 9.97. The van der Waals surface area contributed by atoms with Crippen LogP contribution in [-0.2, 0) is 0 Å². The predicted molar refractivity (Wildman–Crippen MR) is 63.3 cm³/mol. The molecule has 1 aliphatic rings. The molecule has 0 radical (unpaired) electrons. The first-order valence-electron chi connectivity index (χ1n) is 5.57. The Hall–Kier alpha value is -0.340. The van der Waals surface area contributed by atoms with E-state index < -0.39 is 0 Å². The van der Waals surface area contributed by atoms with Crippen molar-refractivity contribution in [2.75, 3.05) is 13.1 Å². The van der Waals surface area contributed by atoms with Crippen LogP contribution in [0.2, 0.25) is 0 Å². The second-order valence-electron chi connectivity index (χ2n) is 4.44. The summed E-state index contributed by atoms with van der Waals surface area (Å²) in [5.74, 6) is 1.46. The molecule has 1 nitrogen and oxygen atoms in total. The topological polar surface area (TPSA) is 12.0 Å². The molecule has 1 N–H and O–H groups in total. The Bertz CT molecular complexity index is 284. The van der Waals surface area contributed by atoms with Crippen molar-refractivity contribution >= 4 is 11.3 Å². The van der Waals surface area contributed by atoms with Crippen molar-refractivity contribution in [1.82, 2.24) is 5.32 Å². The largest absolute Gasteiger partial charge is 0.316 e. The number of rotatable bonds is 2. The fourth-order valence-electron chi connectivity index (χ4n) is 2.22. The van der Waals surface area contributed by atoms with Gasteiger partial charge in [0.2, 0.25) is 0 Å². The van der Waals surface area contributed by atoms with Gasteiger partial charge < -0.3 is 5.32 Å². The summed E-state index contributed by atoms with van der Waals surface area (Å²) in [4.78, 5) is 1.63. The summed E-state index contributed by atoms with van der Waals surface area (Å²) in [6, 6.07) is 2.30. The van der Waals surface area contributed by atoms with E-state index in [2.05, 4.69) is 30.6 Å². The molecule has 0 spiro atoms. The minimum absolute atomic E-state index is 0.679. The first-order valence-corrected chi connectivity index (χ1v) is 6.45. The first-order chi connectivity index (χ1) is 6.79. The van der Waals surface area contributed by atoms with Gasteiger partial charge in [-0.25, -0.2) is 0 Å². The average Bonchev–Trinajstić information content (AvgIpc) is 2.67. The van der Waals surface area contributed by atoms with Crippen molar-refractivity contribution in [3.8, 4) is 0 Å². The van der Waals surface area contributed by atoms with Gasteiger partial charge in [-0.15, -0.1) is 11.3 Å². The molecule has 2 rings (SSSR count). The van der Waals surface area contributed by atoms with Gasteiger partial charge in [-0.1, -0.05) is 13.8 Å². The third kappa shape index (κ3) is 2.01. The van der Waals surface area contributed by atoms with Crippen LogP contribution in [0.15, 0.2) is 11.4 Å². The molecule has 78 valence electrons. The molecule has 1 aliphatic heterocycles. The van der Waals surface area contributed by atoms with Gasteiger partial charge in [-0.05, 0) is 42.3 Å². The van der Waals surface area contributed by atoms with Crippen LogP contribution in [0.3, 0.4) is 0 Å². The Morgan fingerprint density at radius 1 is 1.50 bits per heavy atom. The molecule has 1 saturated heterocycles. The summed E-state index contributed by atoms with van der Waals surface area (Å²) >= 11 is 1.94. The fraction of sp³-hybridized carbons (Fsp3) is 0.667. The Morgan fingerprint density at radius 2 is 2.36 bits per heavy atom. The van der Waals surface area contributed by atoms with Crippen LogP contribution < -0.4 is 5.32 Å². The smallest absolute Gasteiger partial charge is 0.0123 e. The SMILES string of the molecule is CC(C)c1ccsc1C1CCCNC1. The lowest BCUT2D eigenvalue weighted by molar-refractivity contribution is 0.463. The van der Waals surface area contributed by atoms with Crippen LogP contribution in [-0.4, -0.2) is 13.1 Å². The van der Waals surface area contributed by atoms with E-state index in [1.165, 1.54) is 25.9 Å². The number of nitrogens with one attached hydrogen (secondary N) is 1. The highest BCUT2D eigenvalue weighted by atomic mass is 32.1. The third-order valence-corrected chi connectivity index (χ3v) is 4.11. The molecule has 0 bridgehead atoms. The predicted octanol–water partition coefficient (Wildman–Crippen LogP) is 3.34. The first kappa shape index (κ1) is 10.2. The van der Waals surface area contributed by atoms with E-state index in [0.717, 1.165) is 5.92 Å². The highest BCUT2D eigenvalue weighted by Gasteiger charge is 2.20. The van der Waals surface area contributed by atoms with Gasteiger partial charge in [0.15, 0.2) is 0 Å². The average molecular weight is 209 g/mol. The van der Waals surface area contributed by atoms with E-state index in [-0.39, 0.29) is 0 Å². The summed E-state index contributed by atoms with van der Waals surface area (Å²) in [6.07, 6.45) is 2.70. The van der Waals surface area contributed by atoms with Gasteiger partial charge in [0, 0.05) is 17.3 Å². The van der Waals surface area contributed by atoms with E-state index in [1.54, 1.807) is 10.4 Å². The minimum Gasteiger partial charge on any atom is -0.316 e. The van der Waals surface area contributed by atoms with Crippen LogP contribution in [0.5, 0.6) is 0 Å². The second-order valence-corrected chi connectivity index (χ2v) is 5.39. The molecule has 1 unspecified atom stereocenters. The summed E-state index contributed by atoms with van der Waals surface area (Å²) in [5.41, 5.74) is 1.57. The molecule has 1 aromatic rings. The number of piperidine rings is 1.